The number of nitrogens with zero attached hydrogens (tertiary/aromatic N) is 2. The molecule has 108 valence electrons. The SMILES string of the molecule is CC(C)(C)S(=O)N/C=c1\ccc2c(=O)nc3ccnc1c32. The van der Waals surface area contributed by atoms with Crippen molar-refractivity contribution in [2.45, 2.75) is 25.5 Å². The molecule has 21 heavy (non-hydrogen) atoms. The highest BCUT2D eigenvalue weighted by molar-refractivity contribution is 7.84. The Labute approximate surface area is 124 Å². The van der Waals surface area contributed by atoms with Gasteiger partial charge in [0.2, 0.25) is 0 Å². The largest absolute Gasteiger partial charge is 0.311 e. The predicted molar refractivity (Wildman–Crippen MR) is 85.2 cm³/mol. The van der Waals surface area contributed by atoms with Gasteiger partial charge in [0.25, 0.3) is 5.56 Å². The van der Waals surface area contributed by atoms with Crippen LogP contribution in [0.3, 0.4) is 0 Å². The number of benzene rings is 1. The van der Waals surface area contributed by atoms with E-state index in [0.29, 0.717) is 16.4 Å². The highest BCUT2D eigenvalue weighted by Gasteiger charge is 2.18. The van der Waals surface area contributed by atoms with Crippen molar-refractivity contribution in [1.29, 1.82) is 0 Å². The van der Waals surface area contributed by atoms with Crippen molar-refractivity contribution in [1.82, 2.24) is 14.7 Å². The van der Waals surface area contributed by atoms with E-state index in [1.54, 1.807) is 30.6 Å². The molecule has 0 saturated heterocycles. The van der Waals surface area contributed by atoms with E-state index in [4.69, 9.17) is 0 Å². The van der Waals surface area contributed by atoms with Crippen molar-refractivity contribution < 1.29 is 4.21 Å². The van der Waals surface area contributed by atoms with E-state index >= 15 is 0 Å². The Kier molecular flexibility index (Phi) is 3.13. The van der Waals surface area contributed by atoms with Crippen LogP contribution in [-0.2, 0) is 11.0 Å². The second kappa shape index (κ2) is 4.73. The molecule has 0 fully saturated rings. The van der Waals surface area contributed by atoms with E-state index < -0.39 is 11.0 Å². The molecule has 5 nitrogen and oxygen atoms in total. The quantitative estimate of drug-likeness (QED) is 0.769. The summed E-state index contributed by atoms with van der Waals surface area (Å²) in [6.07, 6.45) is 3.31. The van der Waals surface area contributed by atoms with Crippen LogP contribution in [0, 0.1) is 0 Å². The fraction of sp³-hybridized carbons (Fsp3) is 0.267. The van der Waals surface area contributed by atoms with Gasteiger partial charge in [-0.25, -0.2) is 9.19 Å². The molecule has 0 aliphatic rings. The van der Waals surface area contributed by atoms with E-state index in [-0.39, 0.29) is 10.3 Å². The van der Waals surface area contributed by atoms with Gasteiger partial charge in [0, 0.05) is 23.0 Å². The van der Waals surface area contributed by atoms with Crippen LogP contribution in [0.25, 0.3) is 28.0 Å². The van der Waals surface area contributed by atoms with E-state index in [1.807, 2.05) is 20.8 Å². The molecule has 6 heteroatoms. The van der Waals surface area contributed by atoms with Crippen LogP contribution in [-0.4, -0.2) is 18.9 Å². The maximum absolute atomic E-state index is 12.0. The fourth-order valence-electron chi connectivity index (χ4n) is 2.12. The summed E-state index contributed by atoms with van der Waals surface area (Å²) in [4.78, 5) is 20.1. The van der Waals surface area contributed by atoms with Crippen LogP contribution in [0.15, 0.2) is 29.2 Å². The Bertz CT molecular complexity index is 947. The standard InChI is InChI=1S/C15H15N3O2S/c1-15(2,3)21(20)17-8-9-4-5-10-12-11(18-14(10)19)6-7-16-13(9)12/h4-8,17H,1-3H3/b9-8+. The smallest absolute Gasteiger partial charge is 0.278 e. The first-order valence-corrected chi connectivity index (χ1v) is 7.72. The molecular formula is C15H15N3O2S. The first kappa shape index (κ1) is 13.9. The average molecular weight is 301 g/mol. The maximum atomic E-state index is 12.0. The van der Waals surface area contributed by atoms with Gasteiger partial charge < -0.3 is 4.72 Å². The highest BCUT2D eigenvalue weighted by Crippen LogP contribution is 2.18. The Morgan fingerprint density at radius 1 is 1.24 bits per heavy atom. The summed E-state index contributed by atoms with van der Waals surface area (Å²) in [5.41, 5.74) is 1.10. The second-order valence-corrected chi connectivity index (χ2v) is 7.81. The van der Waals surface area contributed by atoms with Gasteiger partial charge in [0.05, 0.1) is 21.2 Å². The van der Waals surface area contributed by atoms with Crippen LogP contribution in [0.4, 0.5) is 0 Å². The van der Waals surface area contributed by atoms with Gasteiger partial charge in [0.15, 0.2) is 0 Å². The molecule has 1 N–H and O–H groups in total. The zero-order valence-corrected chi connectivity index (χ0v) is 12.8. The van der Waals surface area contributed by atoms with Crippen molar-refractivity contribution in [3.8, 4) is 0 Å². The minimum atomic E-state index is -1.21. The van der Waals surface area contributed by atoms with E-state index in [2.05, 4.69) is 14.7 Å². The molecule has 0 spiro atoms. The van der Waals surface area contributed by atoms with E-state index in [9.17, 15) is 9.00 Å². The normalized spacial score (nSPS) is 14.9. The highest BCUT2D eigenvalue weighted by atomic mass is 32.2. The summed E-state index contributed by atoms with van der Waals surface area (Å²) in [5.74, 6) is 0. The fourth-order valence-corrected chi connectivity index (χ4v) is 2.71. The summed E-state index contributed by atoms with van der Waals surface area (Å²) in [6.45, 7) is 5.69. The lowest BCUT2D eigenvalue weighted by Gasteiger charge is -2.16. The lowest BCUT2D eigenvalue weighted by atomic mass is 10.1. The number of hydrogen-bond donors (Lipinski definition) is 1. The molecule has 1 atom stereocenters. The topological polar surface area (TPSA) is 72.0 Å². The summed E-state index contributed by atoms with van der Waals surface area (Å²) in [7, 11) is -1.21. The van der Waals surface area contributed by atoms with Crippen LogP contribution in [0.2, 0.25) is 0 Å². The number of aromatic nitrogens is 2. The monoisotopic (exact) mass is 301 g/mol. The van der Waals surface area contributed by atoms with Crippen molar-refractivity contribution in [3.63, 3.8) is 0 Å². The van der Waals surface area contributed by atoms with Crippen molar-refractivity contribution >= 4 is 39.0 Å². The zero-order valence-electron chi connectivity index (χ0n) is 12.0. The van der Waals surface area contributed by atoms with Crippen molar-refractivity contribution in [3.05, 3.63) is 40.0 Å². The molecular weight excluding hydrogens is 286 g/mol. The molecule has 0 bridgehead atoms. The van der Waals surface area contributed by atoms with Gasteiger partial charge in [-0.05, 0) is 32.9 Å². The Morgan fingerprint density at radius 3 is 2.71 bits per heavy atom. The van der Waals surface area contributed by atoms with Gasteiger partial charge in [-0.1, -0.05) is 6.07 Å². The van der Waals surface area contributed by atoms with E-state index in [0.717, 1.165) is 10.6 Å². The Hall–Kier alpha value is -2.08. The Balaban J connectivity index is 2.19. The molecule has 0 saturated carbocycles. The summed E-state index contributed by atoms with van der Waals surface area (Å²) >= 11 is 0. The molecule has 1 aromatic carbocycles. The molecule has 1 unspecified atom stereocenters. The van der Waals surface area contributed by atoms with Gasteiger partial charge in [-0.15, -0.1) is 0 Å². The predicted octanol–water partition coefficient (Wildman–Crippen LogP) is 1.09. The van der Waals surface area contributed by atoms with Crippen LogP contribution in [0.1, 0.15) is 20.8 Å². The number of pyridine rings is 1. The van der Waals surface area contributed by atoms with Crippen molar-refractivity contribution in [2.75, 3.05) is 0 Å². The van der Waals surface area contributed by atoms with Gasteiger partial charge in [0.1, 0.15) is 11.0 Å². The average Bonchev–Trinajstić information content (AvgIpc) is 2.75. The van der Waals surface area contributed by atoms with Crippen LogP contribution in [0.5, 0.6) is 0 Å². The third-order valence-electron chi connectivity index (χ3n) is 3.23. The maximum Gasteiger partial charge on any atom is 0.278 e. The van der Waals surface area contributed by atoms with Crippen LogP contribution < -0.4 is 15.5 Å². The minimum absolute atomic E-state index is 0.235. The van der Waals surface area contributed by atoms with E-state index in [1.165, 1.54) is 0 Å². The van der Waals surface area contributed by atoms with Gasteiger partial charge in [-0.3, -0.25) is 9.78 Å². The number of nitrogens with one attached hydrogen (secondary N) is 1. The van der Waals surface area contributed by atoms with Crippen LogP contribution >= 0.6 is 0 Å². The third kappa shape index (κ3) is 2.35. The van der Waals surface area contributed by atoms with Gasteiger partial charge >= 0.3 is 0 Å². The first-order valence-electron chi connectivity index (χ1n) is 6.57. The van der Waals surface area contributed by atoms with Gasteiger partial charge in [-0.2, -0.15) is 0 Å². The zero-order chi connectivity index (χ0) is 15.2. The molecule has 3 rings (SSSR count). The minimum Gasteiger partial charge on any atom is -0.311 e. The first-order chi connectivity index (χ1) is 9.88. The Morgan fingerprint density at radius 2 is 2.00 bits per heavy atom. The third-order valence-corrected chi connectivity index (χ3v) is 4.68. The van der Waals surface area contributed by atoms with Crippen molar-refractivity contribution in [2.24, 2.45) is 0 Å². The molecule has 3 aromatic rings. The lowest BCUT2D eigenvalue weighted by molar-refractivity contribution is 0.645. The number of rotatable bonds is 2. The summed E-state index contributed by atoms with van der Waals surface area (Å²) in [6, 6.07) is 5.25. The lowest BCUT2D eigenvalue weighted by Crippen LogP contribution is -2.31. The molecule has 0 amide bonds. The summed E-state index contributed by atoms with van der Waals surface area (Å²) < 4.78 is 14.6. The molecule has 2 aromatic heterocycles. The number of hydrogen-bond acceptors (Lipinski definition) is 4. The molecule has 0 radical (unpaired) electrons. The molecule has 0 aliphatic heterocycles. The molecule has 2 heterocycles. The molecule has 0 aliphatic carbocycles. The second-order valence-electron chi connectivity index (χ2n) is 5.82. The summed E-state index contributed by atoms with van der Waals surface area (Å²) in [5, 5.41) is 2.12.